The molecule has 5 aliphatic rings. The van der Waals surface area contributed by atoms with Crippen LogP contribution in [0, 0.1) is 16.7 Å². The quantitative estimate of drug-likeness (QED) is 0.662. The molecular weight excluding hydrogens is 474 g/mol. The van der Waals surface area contributed by atoms with E-state index in [-0.39, 0.29) is 6.03 Å². The van der Waals surface area contributed by atoms with Crippen molar-refractivity contribution in [2.45, 2.75) is 68.1 Å². The van der Waals surface area contributed by atoms with E-state index in [2.05, 4.69) is 10.2 Å². The highest BCUT2D eigenvalue weighted by molar-refractivity contribution is 7.90. The molecule has 2 spiro atoms. The number of hydrogen-bond donors (Lipinski definition) is 1. The molecule has 2 amide bonds. The lowest BCUT2D eigenvalue weighted by molar-refractivity contribution is -0.100. The Balaban J connectivity index is 0.850. The standard InChI is InChI=1S/C27H35N5O3S/c1-36(34,35)22-7-2-4-18(9-22)8-19-10-26(11-19)14-31(15-26)25(33)32-16-27(17-32)12-21(13-27)24-28-23(29-30-24)20-5-3-6-20/h2,4,7,9,19-21H,3,5-6,8,10-17H2,1H3,(H,28,29,30). The summed E-state index contributed by atoms with van der Waals surface area (Å²) in [5.41, 5.74) is 1.68. The number of sulfone groups is 1. The van der Waals surface area contributed by atoms with Crippen LogP contribution < -0.4 is 0 Å². The molecule has 0 atom stereocenters. The summed E-state index contributed by atoms with van der Waals surface area (Å²) in [5.74, 6) is 3.69. The second-order valence-electron chi connectivity index (χ2n) is 12.7. The van der Waals surface area contributed by atoms with Gasteiger partial charge >= 0.3 is 6.03 Å². The van der Waals surface area contributed by atoms with Gasteiger partial charge in [0, 0.05) is 55.1 Å². The number of nitrogens with one attached hydrogen (secondary N) is 1. The van der Waals surface area contributed by atoms with Crippen molar-refractivity contribution in [2.24, 2.45) is 16.7 Å². The molecule has 0 bridgehead atoms. The van der Waals surface area contributed by atoms with E-state index in [1.165, 1.54) is 25.5 Å². The highest BCUT2D eigenvalue weighted by Gasteiger charge is 2.58. The van der Waals surface area contributed by atoms with E-state index in [0.717, 1.165) is 75.5 Å². The number of rotatable bonds is 5. The molecule has 36 heavy (non-hydrogen) atoms. The van der Waals surface area contributed by atoms with Crippen LogP contribution in [0.3, 0.4) is 0 Å². The maximum atomic E-state index is 13.0. The number of urea groups is 1. The molecule has 1 aromatic heterocycles. The number of amides is 2. The highest BCUT2D eigenvalue weighted by atomic mass is 32.2. The summed E-state index contributed by atoms with van der Waals surface area (Å²) < 4.78 is 23.7. The summed E-state index contributed by atoms with van der Waals surface area (Å²) >= 11 is 0. The number of benzene rings is 1. The van der Waals surface area contributed by atoms with E-state index in [1.807, 2.05) is 28.0 Å². The van der Waals surface area contributed by atoms with Crippen molar-refractivity contribution < 1.29 is 13.2 Å². The maximum Gasteiger partial charge on any atom is 0.320 e. The second kappa shape index (κ2) is 7.79. The Kier molecular flexibility index (Phi) is 4.92. The predicted octanol–water partition coefficient (Wildman–Crippen LogP) is 3.73. The van der Waals surface area contributed by atoms with Gasteiger partial charge in [0.25, 0.3) is 0 Å². The number of aromatic amines is 1. The van der Waals surface area contributed by atoms with E-state index < -0.39 is 9.84 Å². The summed E-state index contributed by atoms with van der Waals surface area (Å²) in [6.07, 6.45) is 10.4. The van der Waals surface area contributed by atoms with Gasteiger partial charge in [-0.2, -0.15) is 5.10 Å². The van der Waals surface area contributed by atoms with Crippen molar-refractivity contribution in [2.75, 3.05) is 32.4 Å². The van der Waals surface area contributed by atoms with Crippen LogP contribution in [0.4, 0.5) is 4.79 Å². The third-order valence-corrected chi connectivity index (χ3v) is 10.8. The van der Waals surface area contributed by atoms with Crippen LogP contribution in [-0.2, 0) is 16.3 Å². The summed E-state index contributed by atoms with van der Waals surface area (Å²) in [6.45, 7) is 3.51. The van der Waals surface area contributed by atoms with Crippen LogP contribution >= 0.6 is 0 Å². The van der Waals surface area contributed by atoms with Gasteiger partial charge in [-0.05, 0) is 68.6 Å². The molecule has 2 saturated heterocycles. The minimum absolute atomic E-state index is 0.212. The molecule has 8 nitrogen and oxygen atoms in total. The smallest absolute Gasteiger partial charge is 0.320 e. The molecule has 7 rings (SSSR count). The average molecular weight is 510 g/mol. The Hall–Kier alpha value is -2.42. The average Bonchev–Trinajstić information content (AvgIpc) is 3.13. The lowest BCUT2D eigenvalue weighted by Gasteiger charge is -2.63. The van der Waals surface area contributed by atoms with Crippen LogP contribution in [0.2, 0.25) is 0 Å². The van der Waals surface area contributed by atoms with Gasteiger partial charge in [-0.15, -0.1) is 0 Å². The zero-order valence-corrected chi connectivity index (χ0v) is 21.8. The molecule has 3 saturated carbocycles. The zero-order chi connectivity index (χ0) is 24.7. The predicted molar refractivity (Wildman–Crippen MR) is 134 cm³/mol. The molecular formula is C27H35N5O3S. The van der Waals surface area contributed by atoms with Crippen LogP contribution in [0.25, 0.3) is 0 Å². The fourth-order valence-corrected chi connectivity index (χ4v) is 8.25. The molecule has 2 aliphatic heterocycles. The van der Waals surface area contributed by atoms with Gasteiger partial charge in [0.2, 0.25) is 0 Å². The van der Waals surface area contributed by atoms with Gasteiger partial charge < -0.3 is 9.80 Å². The first-order valence-corrected chi connectivity index (χ1v) is 15.3. The largest absolute Gasteiger partial charge is 0.323 e. The van der Waals surface area contributed by atoms with Crippen LogP contribution in [-0.4, -0.2) is 71.9 Å². The lowest BCUT2D eigenvalue weighted by Crippen LogP contribution is -2.70. The van der Waals surface area contributed by atoms with E-state index in [9.17, 15) is 13.2 Å². The van der Waals surface area contributed by atoms with Crippen LogP contribution in [0.15, 0.2) is 29.2 Å². The molecule has 0 unspecified atom stereocenters. The molecule has 3 aliphatic carbocycles. The Morgan fingerprint density at radius 2 is 1.69 bits per heavy atom. The minimum atomic E-state index is -3.17. The summed E-state index contributed by atoms with van der Waals surface area (Å²) in [7, 11) is -3.17. The maximum absolute atomic E-state index is 13.0. The van der Waals surface area contributed by atoms with Gasteiger partial charge in [0.05, 0.1) is 4.90 Å². The minimum Gasteiger partial charge on any atom is -0.323 e. The van der Waals surface area contributed by atoms with Gasteiger partial charge in [-0.3, -0.25) is 5.10 Å². The molecule has 2 aromatic rings. The van der Waals surface area contributed by atoms with Crippen molar-refractivity contribution >= 4 is 15.9 Å². The number of hydrogen-bond acceptors (Lipinski definition) is 5. The number of likely N-dealkylation sites (tertiary alicyclic amines) is 2. The molecule has 0 radical (unpaired) electrons. The molecule has 1 aromatic carbocycles. The number of H-pyrrole nitrogens is 1. The first-order chi connectivity index (χ1) is 17.2. The second-order valence-corrected chi connectivity index (χ2v) is 14.7. The first-order valence-electron chi connectivity index (χ1n) is 13.4. The fourth-order valence-electron chi connectivity index (χ4n) is 7.56. The van der Waals surface area contributed by atoms with Crippen LogP contribution in [0.1, 0.15) is 74.0 Å². The summed E-state index contributed by atoms with van der Waals surface area (Å²) in [6, 6.07) is 7.56. The van der Waals surface area contributed by atoms with Crippen molar-refractivity contribution in [1.29, 1.82) is 0 Å². The zero-order valence-electron chi connectivity index (χ0n) is 20.9. The Morgan fingerprint density at radius 1 is 1.03 bits per heavy atom. The van der Waals surface area contributed by atoms with Gasteiger partial charge in [-0.25, -0.2) is 18.2 Å². The first kappa shape index (κ1) is 22.8. The van der Waals surface area contributed by atoms with Gasteiger partial charge in [-0.1, -0.05) is 18.6 Å². The monoisotopic (exact) mass is 509 g/mol. The van der Waals surface area contributed by atoms with E-state index in [0.29, 0.717) is 33.5 Å². The van der Waals surface area contributed by atoms with E-state index >= 15 is 0 Å². The van der Waals surface area contributed by atoms with E-state index in [1.54, 1.807) is 6.07 Å². The normalized spacial score (nSPS) is 25.1. The number of nitrogens with zero attached hydrogens (tertiary/aromatic N) is 4. The van der Waals surface area contributed by atoms with Crippen LogP contribution in [0.5, 0.6) is 0 Å². The topological polar surface area (TPSA) is 99.3 Å². The third-order valence-electron chi connectivity index (χ3n) is 9.68. The Bertz CT molecular complexity index is 1290. The van der Waals surface area contributed by atoms with Gasteiger partial charge in [0.1, 0.15) is 5.82 Å². The molecule has 5 fully saturated rings. The molecule has 1 N–H and O–H groups in total. The molecule has 192 valence electrons. The Labute approximate surface area is 212 Å². The third kappa shape index (κ3) is 3.76. The number of carbonyl (C=O) groups is 1. The van der Waals surface area contributed by atoms with Gasteiger partial charge in [0.15, 0.2) is 15.7 Å². The molecule has 9 heteroatoms. The highest BCUT2D eigenvalue weighted by Crippen LogP contribution is 2.57. The van der Waals surface area contributed by atoms with Crippen molar-refractivity contribution in [3.63, 3.8) is 0 Å². The summed E-state index contributed by atoms with van der Waals surface area (Å²) in [5, 5.41) is 7.66. The van der Waals surface area contributed by atoms with Crippen molar-refractivity contribution in [3.05, 3.63) is 41.5 Å². The summed E-state index contributed by atoms with van der Waals surface area (Å²) in [4.78, 5) is 22.2. The Morgan fingerprint density at radius 3 is 2.31 bits per heavy atom. The fraction of sp³-hybridized carbons (Fsp3) is 0.667. The SMILES string of the molecule is CS(=O)(=O)c1cccc(CC2CC3(C2)CN(C(=O)N2CC4(CC(c5n[nH]c(C6CCC6)n5)C4)C2)C3)c1. The molecule has 3 heterocycles. The van der Waals surface area contributed by atoms with E-state index in [4.69, 9.17) is 4.98 Å². The number of carbonyl (C=O) groups excluding carboxylic acids is 1. The number of aromatic nitrogens is 3. The van der Waals surface area contributed by atoms with Crippen molar-refractivity contribution in [3.8, 4) is 0 Å². The van der Waals surface area contributed by atoms with Crippen molar-refractivity contribution in [1.82, 2.24) is 25.0 Å². The lowest BCUT2D eigenvalue weighted by atomic mass is 9.56.